The number of hydrogen-bond donors (Lipinski definition) is 1. The molecule has 3 heteroatoms. The molecule has 1 fully saturated rings. The molecule has 2 rings (SSSR count). The Morgan fingerprint density at radius 2 is 2.60 bits per heavy atom. The maximum absolute atomic E-state index is 11.2. The number of piperidine rings is 1. The van der Waals surface area contributed by atoms with Gasteiger partial charge in [-0.3, -0.25) is 4.21 Å². The minimum Gasteiger partial charge on any atom is -0.313 e. The summed E-state index contributed by atoms with van der Waals surface area (Å²) in [6, 6.07) is 0. The van der Waals surface area contributed by atoms with Crippen LogP contribution in [0.3, 0.4) is 0 Å². The molecule has 0 radical (unpaired) electrons. The molecule has 1 saturated heterocycles. The second kappa shape index (κ2) is 2.47. The average Bonchev–Trinajstić information content (AvgIpc) is 2.34. The highest BCUT2D eigenvalue weighted by Crippen LogP contribution is 2.22. The molecule has 0 aliphatic carbocycles. The Balaban J connectivity index is 2.18. The van der Waals surface area contributed by atoms with Crippen LogP contribution in [0.1, 0.15) is 6.42 Å². The molecular weight excluding hydrogens is 146 g/mol. The maximum Gasteiger partial charge on any atom is 0.0584 e. The van der Waals surface area contributed by atoms with Gasteiger partial charge in [0.05, 0.1) is 5.25 Å². The lowest BCUT2D eigenvalue weighted by atomic mass is 10.1. The molecule has 2 unspecified atom stereocenters. The van der Waals surface area contributed by atoms with E-state index in [4.69, 9.17) is 0 Å². The normalized spacial score (nSPS) is 39.0. The van der Waals surface area contributed by atoms with Crippen LogP contribution >= 0.6 is 0 Å². The molecule has 1 N–H and O–H groups in total. The predicted molar refractivity (Wildman–Crippen MR) is 42.4 cm³/mol. The van der Waals surface area contributed by atoms with Gasteiger partial charge in [-0.2, -0.15) is 0 Å². The Hall–Kier alpha value is -0.150. The lowest BCUT2D eigenvalue weighted by Crippen LogP contribution is -2.33. The van der Waals surface area contributed by atoms with Crippen LogP contribution < -0.4 is 5.32 Å². The molecule has 0 saturated carbocycles. The zero-order valence-corrected chi connectivity index (χ0v) is 6.62. The zero-order valence-electron chi connectivity index (χ0n) is 5.80. The first-order valence-corrected chi connectivity index (χ1v) is 5.03. The van der Waals surface area contributed by atoms with E-state index in [9.17, 15) is 4.21 Å². The highest BCUT2D eigenvalue weighted by molar-refractivity contribution is 7.86. The fourth-order valence-corrected chi connectivity index (χ4v) is 3.08. The third-order valence-corrected chi connectivity index (χ3v) is 3.82. The van der Waals surface area contributed by atoms with E-state index in [0.29, 0.717) is 5.25 Å². The van der Waals surface area contributed by atoms with E-state index in [2.05, 4.69) is 11.4 Å². The van der Waals surface area contributed by atoms with Gasteiger partial charge in [0.15, 0.2) is 0 Å². The Kier molecular flexibility index (Phi) is 1.62. The van der Waals surface area contributed by atoms with E-state index in [1.165, 1.54) is 5.57 Å². The van der Waals surface area contributed by atoms with Gasteiger partial charge in [0.1, 0.15) is 0 Å². The third-order valence-electron chi connectivity index (χ3n) is 2.15. The van der Waals surface area contributed by atoms with Gasteiger partial charge in [-0.25, -0.2) is 0 Å². The highest BCUT2D eigenvalue weighted by atomic mass is 32.2. The Morgan fingerprint density at radius 1 is 1.70 bits per heavy atom. The van der Waals surface area contributed by atoms with Crippen LogP contribution in [0, 0.1) is 0 Å². The standard InChI is InChI=1S/C7H11NOS/c9-10-4-2-6-5-8-3-1-7(6)10/h2,7-8H,1,3-5H2. The number of rotatable bonds is 0. The van der Waals surface area contributed by atoms with E-state index in [-0.39, 0.29) is 0 Å². The fourth-order valence-electron chi connectivity index (χ4n) is 1.57. The molecule has 2 aliphatic heterocycles. The molecule has 0 amide bonds. The van der Waals surface area contributed by atoms with Crippen molar-refractivity contribution < 1.29 is 4.21 Å². The predicted octanol–water partition coefficient (Wildman–Crippen LogP) is 0.0370. The molecule has 2 nitrogen and oxygen atoms in total. The molecular formula is C7H11NOS. The topological polar surface area (TPSA) is 29.1 Å². The van der Waals surface area contributed by atoms with Crippen molar-refractivity contribution in [3.8, 4) is 0 Å². The molecule has 0 bridgehead atoms. The first-order valence-electron chi connectivity index (χ1n) is 3.65. The van der Waals surface area contributed by atoms with Gasteiger partial charge in [-0.05, 0) is 18.5 Å². The molecule has 2 atom stereocenters. The fraction of sp³-hybridized carbons (Fsp3) is 0.714. The quantitative estimate of drug-likeness (QED) is 0.503. The largest absolute Gasteiger partial charge is 0.313 e. The van der Waals surface area contributed by atoms with Gasteiger partial charge < -0.3 is 5.32 Å². The summed E-state index contributed by atoms with van der Waals surface area (Å²) < 4.78 is 11.2. The van der Waals surface area contributed by atoms with Gasteiger partial charge in [-0.1, -0.05) is 6.08 Å². The van der Waals surface area contributed by atoms with Crippen molar-refractivity contribution in [1.82, 2.24) is 5.32 Å². The molecule has 0 spiro atoms. The van der Waals surface area contributed by atoms with Gasteiger partial charge in [0.25, 0.3) is 0 Å². The third kappa shape index (κ3) is 0.935. The summed E-state index contributed by atoms with van der Waals surface area (Å²) in [4.78, 5) is 0. The molecule has 2 heterocycles. The smallest absolute Gasteiger partial charge is 0.0584 e. The average molecular weight is 157 g/mol. The number of hydrogen-bond acceptors (Lipinski definition) is 2. The van der Waals surface area contributed by atoms with Crippen molar-refractivity contribution in [3.05, 3.63) is 11.6 Å². The molecule has 2 aliphatic rings. The summed E-state index contributed by atoms with van der Waals surface area (Å²) in [5.41, 5.74) is 1.38. The van der Waals surface area contributed by atoms with Crippen molar-refractivity contribution in [2.45, 2.75) is 11.7 Å². The summed E-state index contributed by atoms with van der Waals surface area (Å²) in [6.45, 7) is 2.00. The van der Waals surface area contributed by atoms with Crippen LogP contribution in [0.25, 0.3) is 0 Å². The molecule has 0 aromatic heterocycles. The van der Waals surface area contributed by atoms with Crippen molar-refractivity contribution in [1.29, 1.82) is 0 Å². The number of nitrogens with one attached hydrogen (secondary N) is 1. The lowest BCUT2D eigenvalue weighted by Gasteiger charge is -2.20. The summed E-state index contributed by atoms with van der Waals surface area (Å²) in [6.07, 6.45) is 3.20. The molecule has 10 heavy (non-hydrogen) atoms. The Morgan fingerprint density at radius 3 is 3.40 bits per heavy atom. The van der Waals surface area contributed by atoms with Crippen molar-refractivity contribution in [2.75, 3.05) is 18.8 Å². The SMILES string of the molecule is O=S1CC=C2CNCCC21. The van der Waals surface area contributed by atoms with E-state index < -0.39 is 10.8 Å². The first-order chi connectivity index (χ1) is 4.88. The minimum atomic E-state index is -0.572. The molecule has 0 aromatic rings. The van der Waals surface area contributed by atoms with Gasteiger partial charge in [0.2, 0.25) is 0 Å². The van der Waals surface area contributed by atoms with Crippen LogP contribution in [0.5, 0.6) is 0 Å². The highest BCUT2D eigenvalue weighted by Gasteiger charge is 2.27. The van der Waals surface area contributed by atoms with Gasteiger partial charge >= 0.3 is 0 Å². The second-order valence-corrected chi connectivity index (χ2v) is 4.44. The van der Waals surface area contributed by atoms with E-state index >= 15 is 0 Å². The van der Waals surface area contributed by atoms with Crippen LogP contribution in [0.15, 0.2) is 11.6 Å². The maximum atomic E-state index is 11.2. The van der Waals surface area contributed by atoms with E-state index in [1.54, 1.807) is 0 Å². The molecule has 56 valence electrons. The van der Waals surface area contributed by atoms with Crippen molar-refractivity contribution in [2.24, 2.45) is 0 Å². The zero-order chi connectivity index (χ0) is 6.97. The first kappa shape index (κ1) is 6.55. The Bertz CT molecular complexity index is 200. The summed E-state index contributed by atoms with van der Waals surface area (Å²) >= 11 is 0. The summed E-state index contributed by atoms with van der Waals surface area (Å²) in [7, 11) is -0.572. The lowest BCUT2D eigenvalue weighted by molar-refractivity contribution is 0.606. The van der Waals surface area contributed by atoms with Gasteiger partial charge in [-0.15, -0.1) is 0 Å². The van der Waals surface area contributed by atoms with Gasteiger partial charge in [0, 0.05) is 23.1 Å². The van der Waals surface area contributed by atoms with Crippen LogP contribution in [0.2, 0.25) is 0 Å². The monoisotopic (exact) mass is 157 g/mol. The van der Waals surface area contributed by atoms with Crippen LogP contribution in [-0.2, 0) is 10.8 Å². The van der Waals surface area contributed by atoms with E-state index in [1.807, 2.05) is 0 Å². The minimum absolute atomic E-state index is 0.404. The van der Waals surface area contributed by atoms with E-state index in [0.717, 1.165) is 25.3 Å². The van der Waals surface area contributed by atoms with Crippen molar-refractivity contribution in [3.63, 3.8) is 0 Å². The Labute approximate surface area is 63.2 Å². The van der Waals surface area contributed by atoms with Crippen LogP contribution in [-0.4, -0.2) is 28.3 Å². The summed E-state index contributed by atoms with van der Waals surface area (Å²) in [5, 5.41) is 3.68. The summed E-state index contributed by atoms with van der Waals surface area (Å²) in [5.74, 6) is 0.793. The molecule has 0 aromatic carbocycles. The van der Waals surface area contributed by atoms with Crippen molar-refractivity contribution >= 4 is 10.8 Å². The second-order valence-electron chi connectivity index (χ2n) is 2.78. The number of fused-ring (bicyclic) bond motifs is 1. The van der Waals surface area contributed by atoms with Crippen LogP contribution in [0.4, 0.5) is 0 Å².